The molecule has 186 valence electrons. The third kappa shape index (κ3) is 4.95. The molecule has 1 fully saturated rings. The van der Waals surface area contributed by atoms with E-state index in [1.807, 2.05) is 24.3 Å². The number of thioether (sulfide) groups is 1. The first-order valence-electron chi connectivity index (χ1n) is 11.0. The van der Waals surface area contributed by atoms with Gasteiger partial charge >= 0.3 is 5.91 Å². The molecule has 1 amide bonds. The van der Waals surface area contributed by atoms with Crippen molar-refractivity contribution in [1.29, 1.82) is 0 Å². The number of ketones is 1. The topological polar surface area (TPSA) is 106 Å². The lowest BCUT2D eigenvalue weighted by Crippen LogP contribution is -2.29. The minimum Gasteiger partial charge on any atom is -0.507 e. The van der Waals surface area contributed by atoms with E-state index >= 15 is 0 Å². The summed E-state index contributed by atoms with van der Waals surface area (Å²) in [4.78, 5) is 31.8. The third-order valence-corrected chi connectivity index (χ3v) is 8.21. The van der Waals surface area contributed by atoms with Gasteiger partial charge in [0.1, 0.15) is 11.5 Å². The average molecular weight is 551 g/mol. The molecule has 0 aliphatic carbocycles. The van der Waals surface area contributed by atoms with Crippen molar-refractivity contribution in [2.75, 3.05) is 12.0 Å². The molecule has 4 aromatic rings. The van der Waals surface area contributed by atoms with Crippen LogP contribution in [0.5, 0.6) is 5.75 Å². The molecule has 0 radical (unpaired) electrons. The normalized spacial score (nSPS) is 16.8. The van der Waals surface area contributed by atoms with Crippen LogP contribution < -0.4 is 9.64 Å². The molecular weight excluding hydrogens is 532 g/mol. The number of hydrogen-bond donors (Lipinski definition) is 1. The van der Waals surface area contributed by atoms with E-state index in [1.165, 1.54) is 40.4 Å². The Bertz CT molecular complexity index is 1490. The molecule has 3 heterocycles. The summed E-state index contributed by atoms with van der Waals surface area (Å²) in [5, 5.41) is 20.5. The van der Waals surface area contributed by atoms with Gasteiger partial charge < -0.3 is 9.84 Å². The second kappa shape index (κ2) is 10.7. The van der Waals surface area contributed by atoms with Crippen LogP contribution >= 0.6 is 34.7 Å². The van der Waals surface area contributed by atoms with Crippen LogP contribution in [0.15, 0.2) is 83.0 Å². The number of carbonyl (C=O) groups excluding carboxylic acids is 2. The zero-order valence-electron chi connectivity index (χ0n) is 19.4. The number of aliphatic hydroxyl groups is 1. The van der Waals surface area contributed by atoms with Crippen molar-refractivity contribution < 1.29 is 19.4 Å². The average Bonchev–Trinajstić information content (AvgIpc) is 3.50. The van der Waals surface area contributed by atoms with Crippen molar-refractivity contribution in [2.45, 2.75) is 16.1 Å². The summed E-state index contributed by atoms with van der Waals surface area (Å²) in [5.41, 5.74) is 1.89. The Morgan fingerprint density at radius 3 is 2.51 bits per heavy atom. The van der Waals surface area contributed by atoms with Crippen LogP contribution in [0.4, 0.5) is 5.13 Å². The number of benzene rings is 2. The van der Waals surface area contributed by atoms with E-state index in [-0.39, 0.29) is 16.5 Å². The number of carbonyl (C=O) groups is 2. The summed E-state index contributed by atoms with van der Waals surface area (Å²) in [6.45, 7) is 0. The molecule has 11 heteroatoms. The molecule has 0 bridgehead atoms. The molecule has 1 unspecified atom stereocenters. The lowest BCUT2D eigenvalue weighted by atomic mass is 9.95. The zero-order valence-corrected chi connectivity index (χ0v) is 21.8. The van der Waals surface area contributed by atoms with Crippen molar-refractivity contribution in [1.82, 2.24) is 15.2 Å². The Morgan fingerprint density at radius 1 is 1.08 bits per heavy atom. The van der Waals surface area contributed by atoms with Crippen molar-refractivity contribution in [3.05, 3.63) is 100 Å². The maximum atomic E-state index is 13.3. The highest BCUT2D eigenvalue weighted by Gasteiger charge is 2.48. The van der Waals surface area contributed by atoms with E-state index in [2.05, 4.69) is 15.2 Å². The first-order chi connectivity index (χ1) is 18.0. The van der Waals surface area contributed by atoms with Crippen LogP contribution in [0, 0.1) is 0 Å². The Labute approximate surface area is 225 Å². The molecule has 1 aliphatic heterocycles. The van der Waals surface area contributed by atoms with Gasteiger partial charge in [-0.25, -0.2) is 0 Å². The molecule has 0 saturated carbocycles. The van der Waals surface area contributed by atoms with Crippen molar-refractivity contribution >= 4 is 57.3 Å². The number of Topliss-reactive ketones (excluding diaryl/α,β-unsaturated/α-hetero) is 1. The smallest absolute Gasteiger partial charge is 0.301 e. The van der Waals surface area contributed by atoms with Gasteiger partial charge in [-0.05, 0) is 41.5 Å². The highest BCUT2D eigenvalue weighted by atomic mass is 35.5. The van der Waals surface area contributed by atoms with E-state index in [0.717, 1.165) is 5.56 Å². The molecule has 1 aliphatic rings. The summed E-state index contributed by atoms with van der Waals surface area (Å²) in [6, 6.07) is 16.7. The molecule has 8 nitrogen and oxygen atoms in total. The summed E-state index contributed by atoms with van der Waals surface area (Å²) in [5.74, 6) is -0.714. The Kier molecular flexibility index (Phi) is 7.22. The van der Waals surface area contributed by atoms with Gasteiger partial charge in [0.15, 0.2) is 4.34 Å². The maximum Gasteiger partial charge on any atom is 0.301 e. The van der Waals surface area contributed by atoms with Crippen LogP contribution in [-0.2, 0) is 15.3 Å². The first-order valence-corrected chi connectivity index (χ1v) is 13.2. The van der Waals surface area contributed by atoms with Crippen LogP contribution in [0.25, 0.3) is 5.76 Å². The Balaban J connectivity index is 1.54. The highest BCUT2D eigenvalue weighted by molar-refractivity contribution is 8.00. The lowest BCUT2D eigenvalue weighted by Gasteiger charge is -2.22. The van der Waals surface area contributed by atoms with Gasteiger partial charge in [0.25, 0.3) is 5.78 Å². The number of hydrogen-bond acceptors (Lipinski definition) is 9. The predicted molar refractivity (Wildman–Crippen MR) is 143 cm³/mol. The van der Waals surface area contributed by atoms with E-state index < -0.39 is 17.7 Å². The number of amides is 1. The fraction of sp³-hybridized carbons (Fsp3) is 0.115. The molecule has 1 saturated heterocycles. The summed E-state index contributed by atoms with van der Waals surface area (Å²) >= 11 is 8.88. The SMILES string of the molecule is COc1ccc(C2/C(=C(\O)c3ccncc3)C(=O)C(=O)N2c2nnc(SCc3ccccc3Cl)s2)cc1. The third-order valence-electron chi connectivity index (χ3n) is 5.74. The number of aromatic nitrogens is 3. The maximum absolute atomic E-state index is 13.3. The lowest BCUT2D eigenvalue weighted by molar-refractivity contribution is -0.132. The standard InChI is InChI=1S/C26H19ClN4O4S2/c1-35-18-8-6-15(7-9-18)21-20(22(32)16-10-12-28-13-11-16)23(33)24(34)31(21)25-29-30-26(37-25)36-14-17-4-2-3-5-19(17)27/h2-13,21,32H,14H2,1H3/b22-20+. The monoisotopic (exact) mass is 550 g/mol. The number of nitrogens with zero attached hydrogens (tertiary/aromatic N) is 4. The zero-order chi connectivity index (χ0) is 25.9. The van der Waals surface area contributed by atoms with Gasteiger partial charge in [-0.15, -0.1) is 10.2 Å². The van der Waals surface area contributed by atoms with Gasteiger partial charge in [-0.3, -0.25) is 19.5 Å². The molecular formula is C26H19ClN4O4S2. The molecule has 1 N–H and O–H groups in total. The largest absolute Gasteiger partial charge is 0.507 e. The fourth-order valence-electron chi connectivity index (χ4n) is 3.91. The molecule has 37 heavy (non-hydrogen) atoms. The second-order valence-electron chi connectivity index (χ2n) is 7.91. The number of rotatable bonds is 7. The van der Waals surface area contributed by atoms with Gasteiger partial charge in [0.05, 0.1) is 18.7 Å². The van der Waals surface area contributed by atoms with Crippen molar-refractivity contribution in [3.63, 3.8) is 0 Å². The fourth-order valence-corrected chi connectivity index (χ4v) is 6.06. The summed E-state index contributed by atoms with van der Waals surface area (Å²) in [6.07, 6.45) is 3.00. The number of ether oxygens (including phenoxy) is 1. The summed E-state index contributed by atoms with van der Waals surface area (Å²) < 4.78 is 5.87. The number of aliphatic hydroxyl groups excluding tert-OH is 1. The molecule has 2 aromatic heterocycles. The van der Waals surface area contributed by atoms with Crippen LogP contribution in [0.2, 0.25) is 5.02 Å². The second-order valence-corrected chi connectivity index (χ2v) is 10.5. The minimum atomic E-state index is -0.909. The predicted octanol–water partition coefficient (Wildman–Crippen LogP) is 5.51. The van der Waals surface area contributed by atoms with Gasteiger partial charge in [0, 0.05) is 28.7 Å². The Morgan fingerprint density at radius 2 is 1.81 bits per heavy atom. The van der Waals surface area contributed by atoms with Crippen LogP contribution in [-0.4, -0.2) is 39.1 Å². The van der Waals surface area contributed by atoms with Crippen molar-refractivity contribution in [2.24, 2.45) is 0 Å². The number of anilines is 1. The minimum absolute atomic E-state index is 0.0400. The van der Waals surface area contributed by atoms with Crippen LogP contribution in [0.3, 0.4) is 0 Å². The van der Waals surface area contributed by atoms with Gasteiger partial charge in [-0.1, -0.05) is 65.0 Å². The number of pyridine rings is 1. The van der Waals surface area contributed by atoms with Gasteiger partial charge in [0.2, 0.25) is 5.13 Å². The number of halogens is 1. The molecule has 0 spiro atoms. The van der Waals surface area contributed by atoms with Gasteiger partial charge in [-0.2, -0.15) is 0 Å². The number of methoxy groups -OCH3 is 1. The van der Waals surface area contributed by atoms with Crippen LogP contribution in [0.1, 0.15) is 22.7 Å². The van der Waals surface area contributed by atoms with E-state index in [9.17, 15) is 14.7 Å². The highest BCUT2D eigenvalue weighted by Crippen LogP contribution is 2.44. The van der Waals surface area contributed by atoms with Crippen molar-refractivity contribution in [3.8, 4) is 5.75 Å². The first kappa shape index (κ1) is 24.9. The quantitative estimate of drug-likeness (QED) is 0.105. The van der Waals surface area contributed by atoms with E-state index in [4.69, 9.17) is 16.3 Å². The Hall–Kier alpha value is -3.73. The molecule has 2 aromatic carbocycles. The summed E-state index contributed by atoms with van der Waals surface area (Å²) in [7, 11) is 1.55. The van der Waals surface area contributed by atoms with E-state index in [0.29, 0.717) is 32.0 Å². The molecule has 5 rings (SSSR count). The molecule has 1 atom stereocenters. The van der Waals surface area contributed by atoms with E-state index in [1.54, 1.807) is 43.5 Å².